The van der Waals surface area contributed by atoms with Crippen LogP contribution < -0.4 is 0 Å². The van der Waals surface area contributed by atoms with E-state index < -0.39 is 43.4 Å². The predicted molar refractivity (Wildman–Crippen MR) is 46.8 cm³/mol. The molecule has 0 aromatic carbocycles. The Hall–Kier alpha value is -0.280. The van der Waals surface area contributed by atoms with Crippen molar-refractivity contribution in [1.82, 2.24) is 0 Å². The lowest BCUT2D eigenvalue weighted by atomic mass is 9.95. The number of ether oxygens (including phenoxy) is 2. The van der Waals surface area contributed by atoms with Crippen molar-refractivity contribution in [3.63, 3.8) is 0 Å². The highest BCUT2D eigenvalue weighted by molar-refractivity contribution is 4.92. The summed E-state index contributed by atoms with van der Waals surface area (Å²) < 4.78 is 9.70. The molecule has 0 saturated carbocycles. The maximum absolute atomic E-state index is 9.46. The molecule has 5 N–H and O–H groups in total. The molecule has 1 saturated heterocycles. The molecular weight excluding hydrogens is 208 g/mol. The van der Waals surface area contributed by atoms with Crippen LogP contribution in [-0.4, -0.2) is 76.1 Å². The Morgan fingerprint density at radius 2 is 1.80 bits per heavy atom. The minimum absolute atomic E-state index is 0.624. The van der Waals surface area contributed by atoms with E-state index in [0.29, 0.717) is 0 Å². The molecule has 90 valence electrons. The number of aliphatic hydroxyl groups is 5. The molecule has 1 aliphatic heterocycles. The quantitative estimate of drug-likeness (QED) is 0.342. The molecule has 0 bridgehead atoms. The highest BCUT2D eigenvalue weighted by Gasteiger charge is 2.46. The van der Waals surface area contributed by atoms with Crippen molar-refractivity contribution in [2.45, 2.75) is 36.8 Å². The predicted octanol–water partition coefficient (Wildman–Crippen LogP) is -3.21. The van der Waals surface area contributed by atoms with Gasteiger partial charge in [0.2, 0.25) is 0 Å². The Bertz CT molecular complexity index is 197. The number of rotatable bonds is 3. The molecule has 0 radical (unpaired) electrons. The van der Waals surface area contributed by atoms with E-state index in [0.717, 1.165) is 0 Å². The zero-order valence-corrected chi connectivity index (χ0v) is 8.22. The Kier molecular flexibility index (Phi) is 4.41. The molecule has 0 aromatic heterocycles. The van der Waals surface area contributed by atoms with Gasteiger partial charge in [-0.1, -0.05) is 0 Å². The molecule has 6 atom stereocenters. The lowest BCUT2D eigenvalue weighted by Crippen LogP contribution is -2.61. The maximum atomic E-state index is 9.46. The van der Waals surface area contributed by atoms with E-state index in [1.165, 1.54) is 7.11 Å². The molecule has 15 heavy (non-hydrogen) atoms. The molecule has 0 amide bonds. The fourth-order valence-electron chi connectivity index (χ4n) is 1.49. The topological polar surface area (TPSA) is 120 Å². The van der Waals surface area contributed by atoms with Gasteiger partial charge in [0.05, 0.1) is 6.61 Å². The van der Waals surface area contributed by atoms with Gasteiger partial charge >= 0.3 is 0 Å². The molecule has 1 aliphatic rings. The summed E-state index contributed by atoms with van der Waals surface area (Å²) in [6, 6.07) is 0. The van der Waals surface area contributed by atoms with Gasteiger partial charge in [-0.05, 0) is 0 Å². The van der Waals surface area contributed by atoms with Crippen LogP contribution in [0.15, 0.2) is 0 Å². The second-order valence-electron chi connectivity index (χ2n) is 3.43. The molecule has 0 aromatic rings. The summed E-state index contributed by atoms with van der Waals surface area (Å²) in [5.74, 6) is 0. The second-order valence-corrected chi connectivity index (χ2v) is 3.43. The summed E-state index contributed by atoms with van der Waals surface area (Å²) in [6.45, 7) is -0.624. The first-order chi connectivity index (χ1) is 7.02. The van der Waals surface area contributed by atoms with Crippen molar-refractivity contribution in [3.8, 4) is 0 Å². The van der Waals surface area contributed by atoms with Crippen LogP contribution in [0, 0.1) is 0 Å². The summed E-state index contributed by atoms with van der Waals surface area (Å²) in [6.07, 6.45) is -8.05. The molecule has 0 unspecified atom stereocenters. The van der Waals surface area contributed by atoms with E-state index in [-0.39, 0.29) is 0 Å². The minimum atomic E-state index is -1.49. The van der Waals surface area contributed by atoms with Gasteiger partial charge in [0.15, 0.2) is 6.29 Å². The normalized spacial score (nSPS) is 44.0. The third kappa shape index (κ3) is 2.45. The van der Waals surface area contributed by atoms with Crippen LogP contribution in [0.5, 0.6) is 0 Å². The summed E-state index contributed by atoms with van der Waals surface area (Å²) in [7, 11) is 1.25. The van der Waals surface area contributed by atoms with Crippen molar-refractivity contribution in [2.75, 3.05) is 13.7 Å². The lowest BCUT2D eigenvalue weighted by molar-refractivity contribution is -0.305. The smallest absolute Gasteiger partial charge is 0.186 e. The third-order valence-corrected chi connectivity index (χ3v) is 2.41. The average Bonchev–Trinajstić information content (AvgIpc) is 2.25. The zero-order chi connectivity index (χ0) is 11.6. The van der Waals surface area contributed by atoms with Crippen LogP contribution in [0.3, 0.4) is 0 Å². The number of aliphatic hydroxyl groups excluding tert-OH is 5. The van der Waals surface area contributed by atoms with Crippen molar-refractivity contribution < 1.29 is 35.0 Å². The van der Waals surface area contributed by atoms with Crippen LogP contribution in [-0.2, 0) is 9.47 Å². The monoisotopic (exact) mass is 224 g/mol. The molecule has 1 fully saturated rings. The lowest BCUT2D eigenvalue weighted by Gasteiger charge is -2.41. The van der Waals surface area contributed by atoms with E-state index >= 15 is 0 Å². The highest BCUT2D eigenvalue weighted by atomic mass is 16.7. The Morgan fingerprint density at radius 1 is 1.20 bits per heavy atom. The Balaban J connectivity index is 2.74. The van der Waals surface area contributed by atoms with Gasteiger partial charge in [-0.25, -0.2) is 0 Å². The van der Waals surface area contributed by atoms with Gasteiger partial charge in [-0.3, -0.25) is 0 Å². The van der Waals surface area contributed by atoms with Crippen molar-refractivity contribution in [3.05, 3.63) is 0 Å². The number of methoxy groups -OCH3 is 1. The standard InChI is InChI=1S/C8H16O7/c1-14-8-6(13)4(11)5(12)7(15-8)3(10)2-9/h3-13H,2H2,1H3/t3-,4-,5+,6+,7+,8+/m1/s1. The van der Waals surface area contributed by atoms with Gasteiger partial charge < -0.3 is 35.0 Å². The Morgan fingerprint density at radius 3 is 2.27 bits per heavy atom. The van der Waals surface area contributed by atoms with E-state index in [1.54, 1.807) is 0 Å². The fourth-order valence-corrected chi connectivity index (χ4v) is 1.49. The first-order valence-corrected chi connectivity index (χ1v) is 4.54. The van der Waals surface area contributed by atoms with Crippen LogP contribution in [0.1, 0.15) is 0 Å². The summed E-state index contributed by atoms with van der Waals surface area (Å²) in [5, 5.41) is 46.2. The van der Waals surface area contributed by atoms with Crippen molar-refractivity contribution >= 4 is 0 Å². The molecule has 1 heterocycles. The van der Waals surface area contributed by atoms with Crippen LogP contribution in [0.25, 0.3) is 0 Å². The van der Waals surface area contributed by atoms with Crippen LogP contribution in [0.2, 0.25) is 0 Å². The van der Waals surface area contributed by atoms with Crippen molar-refractivity contribution in [1.29, 1.82) is 0 Å². The SMILES string of the molecule is CO[C@H]1O[C@@H]([C@H](O)CO)[C@@H](O)[C@@H](O)[C@@H]1O. The summed E-state index contributed by atoms with van der Waals surface area (Å²) in [4.78, 5) is 0. The molecular formula is C8H16O7. The number of hydrogen-bond acceptors (Lipinski definition) is 7. The van der Waals surface area contributed by atoms with E-state index in [9.17, 15) is 20.4 Å². The first-order valence-electron chi connectivity index (χ1n) is 4.54. The van der Waals surface area contributed by atoms with Crippen LogP contribution >= 0.6 is 0 Å². The zero-order valence-electron chi connectivity index (χ0n) is 8.22. The van der Waals surface area contributed by atoms with Gasteiger partial charge in [0.25, 0.3) is 0 Å². The van der Waals surface area contributed by atoms with Gasteiger partial charge in [-0.15, -0.1) is 0 Å². The molecule has 1 rings (SSSR count). The second kappa shape index (κ2) is 5.17. The van der Waals surface area contributed by atoms with E-state index in [4.69, 9.17) is 14.6 Å². The van der Waals surface area contributed by atoms with Crippen molar-refractivity contribution in [2.24, 2.45) is 0 Å². The number of hydrogen-bond donors (Lipinski definition) is 5. The fraction of sp³-hybridized carbons (Fsp3) is 1.00. The average molecular weight is 224 g/mol. The van der Waals surface area contributed by atoms with Gasteiger partial charge in [0, 0.05) is 7.11 Å². The first kappa shape index (κ1) is 12.8. The van der Waals surface area contributed by atoms with E-state index in [1.807, 2.05) is 0 Å². The Labute approximate surface area is 86.5 Å². The van der Waals surface area contributed by atoms with Gasteiger partial charge in [0.1, 0.15) is 30.5 Å². The summed E-state index contributed by atoms with van der Waals surface area (Å²) in [5.41, 5.74) is 0. The summed E-state index contributed by atoms with van der Waals surface area (Å²) >= 11 is 0. The maximum Gasteiger partial charge on any atom is 0.186 e. The molecule has 0 aliphatic carbocycles. The molecule has 7 heteroatoms. The highest BCUT2D eigenvalue weighted by Crippen LogP contribution is 2.23. The third-order valence-electron chi connectivity index (χ3n) is 2.41. The molecule has 7 nitrogen and oxygen atoms in total. The minimum Gasteiger partial charge on any atom is -0.394 e. The van der Waals surface area contributed by atoms with Gasteiger partial charge in [-0.2, -0.15) is 0 Å². The molecule has 0 spiro atoms. The van der Waals surface area contributed by atoms with Crippen LogP contribution in [0.4, 0.5) is 0 Å². The van der Waals surface area contributed by atoms with E-state index in [2.05, 4.69) is 0 Å². The largest absolute Gasteiger partial charge is 0.394 e.